The highest BCUT2D eigenvalue weighted by molar-refractivity contribution is 6.37. The summed E-state index contributed by atoms with van der Waals surface area (Å²) >= 11 is 0. The van der Waals surface area contributed by atoms with Crippen molar-refractivity contribution in [3.8, 4) is 0 Å². The average molecular weight is 509 g/mol. The molecule has 1 aliphatic heterocycles. The summed E-state index contributed by atoms with van der Waals surface area (Å²) in [4.78, 5) is 65.3. The number of nitrogens with one attached hydrogen (secondary N) is 2. The molecule has 204 valence electrons. The van der Waals surface area contributed by atoms with E-state index in [9.17, 15) is 24.0 Å². The number of hydrogen-bond donors (Lipinski definition) is 3. The number of nitrogens with zero attached hydrogens (tertiary/aromatic N) is 1. The first-order valence-corrected chi connectivity index (χ1v) is 13.2. The molecule has 1 aliphatic carbocycles. The summed E-state index contributed by atoms with van der Waals surface area (Å²) in [6, 6.07) is -2.67. The molecule has 1 heterocycles. The van der Waals surface area contributed by atoms with E-state index < -0.39 is 47.4 Å². The van der Waals surface area contributed by atoms with Gasteiger partial charge < -0.3 is 26.0 Å². The van der Waals surface area contributed by atoms with Crippen molar-refractivity contribution >= 4 is 29.6 Å². The van der Waals surface area contributed by atoms with Crippen LogP contribution in [0.5, 0.6) is 0 Å². The fourth-order valence-electron chi connectivity index (χ4n) is 4.49. The van der Waals surface area contributed by atoms with Crippen molar-refractivity contribution in [3.05, 3.63) is 0 Å². The van der Waals surface area contributed by atoms with Crippen molar-refractivity contribution in [2.45, 2.75) is 116 Å². The fourth-order valence-corrected chi connectivity index (χ4v) is 4.49. The third-order valence-electron chi connectivity index (χ3n) is 6.43. The van der Waals surface area contributed by atoms with Crippen LogP contribution in [0.3, 0.4) is 0 Å². The highest BCUT2D eigenvalue weighted by Gasteiger charge is 2.38. The maximum atomic E-state index is 13.7. The molecule has 4 amide bonds. The Bertz CT molecular complexity index is 818. The van der Waals surface area contributed by atoms with Gasteiger partial charge in [-0.25, -0.2) is 4.79 Å². The average Bonchev–Trinajstić information content (AvgIpc) is 3.56. The molecule has 0 aromatic carbocycles. The zero-order valence-corrected chi connectivity index (χ0v) is 22.4. The van der Waals surface area contributed by atoms with Gasteiger partial charge in [-0.15, -0.1) is 0 Å². The first-order valence-electron chi connectivity index (χ1n) is 13.2. The Morgan fingerprint density at radius 3 is 2.25 bits per heavy atom. The van der Waals surface area contributed by atoms with Crippen molar-refractivity contribution in [1.29, 1.82) is 0 Å². The predicted octanol–water partition coefficient (Wildman–Crippen LogP) is 2.43. The van der Waals surface area contributed by atoms with Crippen LogP contribution in [0.4, 0.5) is 4.79 Å². The van der Waals surface area contributed by atoms with Gasteiger partial charge in [-0.05, 0) is 58.3 Å². The second kappa shape index (κ2) is 13.1. The molecule has 0 bridgehead atoms. The summed E-state index contributed by atoms with van der Waals surface area (Å²) in [5, 5.41) is 5.44. The maximum absolute atomic E-state index is 13.7. The van der Waals surface area contributed by atoms with E-state index in [2.05, 4.69) is 10.6 Å². The number of Topliss-reactive ketones (excluding diaryl/α,β-unsaturated/α-hetero) is 1. The highest BCUT2D eigenvalue weighted by atomic mass is 16.6. The van der Waals surface area contributed by atoms with Crippen LogP contribution in [-0.4, -0.2) is 64.8 Å². The standard InChI is InChI=1S/C26H44N4O6/c1-16(2)14-20(23(33)28-19(15-17-11-12-17)21(31)22(27)32)30-13-9-7-6-8-10-18(24(30)34)29-25(35)36-26(3,4)5/h16-20H,6-15H2,1-5H3,(H2,27,32)(H,28,33)(H,29,35)/t18-,19?,20+/m1/s1. The maximum Gasteiger partial charge on any atom is 0.408 e. The van der Waals surface area contributed by atoms with E-state index in [0.29, 0.717) is 25.8 Å². The van der Waals surface area contributed by atoms with Crippen molar-refractivity contribution in [3.63, 3.8) is 0 Å². The van der Waals surface area contributed by atoms with Crippen molar-refractivity contribution < 1.29 is 28.7 Å². The molecule has 0 spiro atoms. The van der Waals surface area contributed by atoms with Crippen molar-refractivity contribution in [1.82, 2.24) is 15.5 Å². The molecule has 2 rings (SSSR count). The van der Waals surface area contributed by atoms with Crippen LogP contribution in [0.2, 0.25) is 0 Å². The van der Waals surface area contributed by atoms with E-state index in [1.807, 2.05) is 13.8 Å². The molecule has 0 radical (unpaired) electrons. The zero-order valence-electron chi connectivity index (χ0n) is 22.4. The highest BCUT2D eigenvalue weighted by Crippen LogP contribution is 2.33. The Balaban J connectivity index is 2.28. The van der Waals surface area contributed by atoms with Gasteiger partial charge in [0.15, 0.2) is 0 Å². The monoisotopic (exact) mass is 508 g/mol. The molecular weight excluding hydrogens is 464 g/mol. The molecule has 1 saturated carbocycles. The van der Waals surface area contributed by atoms with Gasteiger partial charge in [0.25, 0.3) is 5.91 Å². The lowest BCUT2D eigenvalue weighted by molar-refractivity contribution is -0.144. The summed E-state index contributed by atoms with van der Waals surface area (Å²) in [6.07, 6.45) is 5.66. The number of nitrogens with two attached hydrogens (primary N) is 1. The van der Waals surface area contributed by atoms with Gasteiger partial charge in [-0.1, -0.05) is 46.0 Å². The molecular formula is C26H44N4O6. The molecule has 2 fully saturated rings. The molecule has 10 heteroatoms. The summed E-state index contributed by atoms with van der Waals surface area (Å²) in [5.41, 5.74) is 4.52. The van der Waals surface area contributed by atoms with Gasteiger partial charge in [0, 0.05) is 6.54 Å². The summed E-state index contributed by atoms with van der Waals surface area (Å²) in [6.45, 7) is 9.50. The Hall–Kier alpha value is -2.65. The summed E-state index contributed by atoms with van der Waals surface area (Å²) in [5.74, 6) is -2.37. The van der Waals surface area contributed by atoms with Crippen LogP contribution >= 0.6 is 0 Å². The lowest BCUT2D eigenvalue weighted by Crippen LogP contribution is -2.58. The SMILES string of the molecule is CC(C)C[C@@H](C(=O)NC(CC1CC1)C(=O)C(N)=O)N1CCCCCC[C@@H](NC(=O)OC(C)(C)C)C1=O. The molecule has 0 aromatic heterocycles. The second-order valence-corrected chi connectivity index (χ2v) is 11.5. The van der Waals surface area contributed by atoms with Gasteiger partial charge in [0.1, 0.15) is 17.7 Å². The Morgan fingerprint density at radius 2 is 1.69 bits per heavy atom. The first-order chi connectivity index (χ1) is 16.8. The van der Waals surface area contributed by atoms with E-state index in [4.69, 9.17) is 10.5 Å². The number of hydrogen-bond acceptors (Lipinski definition) is 6. The Labute approximate surface area is 214 Å². The molecule has 10 nitrogen and oxygen atoms in total. The molecule has 36 heavy (non-hydrogen) atoms. The quantitative estimate of drug-likeness (QED) is 0.386. The molecule has 4 N–H and O–H groups in total. The number of ketones is 1. The normalized spacial score (nSPS) is 21.0. The van der Waals surface area contributed by atoms with E-state index in [-0.39, 0.29) is 17.7 Å². The van der Waals surface area contributed by atoms with E-state index in [0.717, 1.165) is 38.5 Å². The van der Waals surface area contributed by atoms with E-state index in [1.165, 1.54) is 4.90 Å². The summed E-state index contributed by atoms with van der Waals surface area (Å²) < 4.78 is 5.36. The number of carbonyl (C=O) groups excluding carboxylic acids is 5. The van der Waals surface area contributed by atoms with Gasteiger partial charge >= 0.3 is 6.09 Å². The topological polar surface area (TPSA) is 148 Å². The predicted molar refractivity (Wildman–Crippen MR) is 135 cm³/mol. The Morgan fingerprint density at radius 1 is 1.06 bits per heavy atom. The van der Waals surface area contributed by atoms with Gasteiger partial charge in [0.05, 0.1) is 6.04 Å². The van der Waals surface area contributed by atoms with Crippen LogP contribution < -0.4 is 16.4 Å². The third-order valence-corrected chi connectivity index (χ3v) is 6.43. The number of carbonyl (C=O) groups is 5. The molecule has 1 unspecified atom stereocenters. The van der Waals surface area contributed by atoms with E-state index >= 15 is 0 Å². The van der Waals surface area contributed by atoms with Gasteiger partial charge in [-0.2, -0.15) is 0 Å². The number of amides is 4. The Kier molecular flexibility index (Phi) is 10.7. The second-order valence-electron chi connectivity index (χ2n) is 11.5. The van der Waals surface area contributed by atoms with Crippen molar-refractivity contribution in [2.75, 3.05) is 6.54 Å². The molecule has 2 aliphatic rings. The number of primary amides is 1. The minimum absolute atomic E-state index is 0.0761. The van der Waals surface area contributed by atoms with Crippen LogP contribution in [0.1, 0.15) is 92.4 Å². The van der Waals surface area contributed by atoms with Crippen LogP contribution in [0.25, 0.3) is 0 Å². The fraction of sp³-hybridized carbons (Fsp3) is 0.808. The lowest BCUT2D eigenvalue weighted by Gasteiger charge is -2.35. The number of alkyl carbamates (subject to hydrolysis) is 1. The number of rotatable bonds is 10. The zero-order chi connectivity index (χ0) is 27.0. The van der Waals surface area contributed by atoms with Crippen molar-refractivity contribution in [2.24, 2.45) is 17.6 Å². The van der Waals surface area contributed by atoms with Gasteiger partial charge in [-0.3, -0.25) is 19.2 Å². The smallest absolute Gasteiger partial charge is 0.408 e. The van der Waals surface area contributed by atoms with Crippen LogP contribution in [0.15, 0.2) is 0 Å². The minimum Gasteiger partial charge on any atom is -0.444 e. The van der Waals surface area contributed by atoms with E-state index in [1.54, 1.807) is 20.8 Å². The molecule has 3 atom stereocenters. The lowest BCUT2D eigenvalue weighted by atomic mass is 9.98. The largest absolute Gasteiger partial charge is 0.444 e. The number of ether oxygens (including phenoxy) is 1. The summed E-state index contributed by atoms with van der Waals surface area (Å²) in [7, 11) is 0. The minimum atomic E-state index is -1.08. The first kappa shape index (κ1) is 29.6. The molecule has 0 aromatic rings. The van der Waals surface area contributed by atoms with Crippen LogP contribution in [-0.2, 0) is 23.9 Å². The molecule has 1 saturated heterocycles. The third kappa shape index (κ3) is 9.78. The van der Waals surface area contributed by atoms with Crippen LogP contribution in [0, 0.1) is 11.8 Å². The van der Waals surface area contributed by atoms with Gasteiger partial charge in [0.2, 0.25) is 17.6 Å².